The van der Waals surface area contributed by atoms with Gasteiger partial charge in [0.15, 0.2) is 0 Å². The van der Waals surface area contributed by atoms with E-state index in [0.717, 1.165) is 34.6 Å². The lowest BCUT2D eigenvalue weighted by molar-refractivity contribution is -0.384. The van der Waals surface area contributed by atoms with Gasteiger partial charge < -0.3 is 9.80 Å². The maximum Gasteiger partial charge on any atom is 0.269 e. The molecule has 1 aliphatic heterocycles. The summed E-state index contributed by atoms with van der Waals surface area (Å²) in [6.45, 7) is 8.55. The molecule has 34 heavy (non-hydrogen) atoms. The van der Waals surface area contributed by atoms with Crippen molar-refractivity contribution in [3.8, 4) is 0 Å². The molecule has 0 spiro atoms. The van der Waals surface area contributed by atoms with Gasteiger partial charge in [-0.25, -0.2) is 9.97 Å². The van der Waals surface area contributed by atoms with E-state index in [9.17, 15) is 14.9 Å². The molecule has 0 aliphatic carbocycles. The van der Waals surface area contributed by atoms with Crippen LogP contribution in [-0.2, 0) is 12.8 Å². The van der Waals surface area contributed by atoms with Crippen LogP contribution in [-0.4, -0.2) is 51.9 Å². The van der Waals surface area contributed by atoms with Gasteiger partial charge in [0.1, 0.15) is 11.6 Å². The first kappa shape index (κ1) is 23.4. The van der Waals surface area contributed by atoms with Gasteiger partial charge in [0, 0.05) is 61.6 Å². The van der Waals surface area contributed by atoms with Gasteiger partial charge in [-0.2, -0.15) is 0 Å². The van der Waals surface area contributed by atoms with Crippen LogP contribution in [0, 0.1) is 24.0 Å². The number of rotatable bonds is 6. The molecule has 0 radical (unpaired) electrons. The Kier molecular flexibility index (Phi) is 6.86. The monoisotopic (exact) mass is 459 g/mol. The molecule has 8 nitrogen and oxygen atoms in total. The van der Waals surface area contributed by atoms with Crippen molar-refractivity contribution in [1.82, 2.24) is 14.9 Å². The number of amides is 1. The van der Waals surface area contributed by atoms with Crippen LogP contribution in [0.25, 0.3) is 0 Å². The van der Waals surface area contributed by atoms with Gasteiger partial charge >= 0.3 is 0 Å². The molecule has 2 heterocycles. The molecule has 3 aromatic rings. The largest absolute Gasteiger partial charge is 0.353 e. The Morgan fingerprint density at radius 3 is 2.15 bits per heavy atom. The summed E-state index contributed by atoms with van der Waals surface area (Å²) in [6, 6.07) is 14.5. The summed E-state index contributed by atoms with van der Waals surface area (Å²) in [5, 5.41) is 11.0. The zero-order valence-electron chi connectivity index (χ0n) is 19.8. The number of carbonyl (C=O) groups excluding carboxylic acids is 1. The van der Waals surface area contributed by atoms with E-state index in [2.05, 4.69) is 16.8 Å². The third-order valence-electron chi connectivity index (χ3n) is 6.31. The van der Waals surface area contributed by atoms with Crippen LogP contribution >= 0.6 is 0 Å². The quantitative estimate of drug-likeness (QED) is 0.407. The third-order valence-corrected chi connectivity index (χ3v) is 6.31. The van der Waals surface area contributed by atoms with Crippen molar-refractivity contribution in [2.75, 3.05) is 31.1 Å². The molecule has 0 atom stereocenters. The Morgan fingerprint density at radius 2 is 1.56 bits per heavy atom. The standard InChI is InChI=1S/C26H29N5O3/c1-4-20-5-9-22(10-6-20)26(32)30-15-13-29(14-16-30)25-24(18(2)27-19(3)28-25)17-21-7-11-23(12-8-21)31(33)34/h5-12H,4,13-17H2,1-3H3. The first-order valence-electron chi connectivity index (χ1n) is 11.6. The van der Waals surface area contributed by atoms with Crippen molar-refractivity contribution in [2.45, 2.75) is 33.6 Å². The fourth-order valence-corrected chi connectivity index (χ4v) is 4.31. The van der Waals surface area contributed by atoms with E-state index < -0.39 is 4.92 Å². The average Bonchev–Trinajstić information content (AvgIpc) is 2.85. The van der Waals surface area contributed by atoms with Crippen LogP contribution in [0.2, 0.25) is 0 Å². The summed E-state index contributed by atoms with van der Waals surface area (Å²) in [6.07, 6.45) is 1.54. The fourth-order valence-electron chi connectivity index (χ4n) is 4.31. The zero-order valence-corrected chi connectivity index (χ0v) is 19.8. The van der Waals surface area contributed by atoms with Crippen molar-refractivity contribution < 1.29 is 9.72 Å². The number of hydrogen-bond donors (Lipinski definition) is 0. The van der Waals surface area contributed by atoms with E-state index in [1.165, 1.54) is 17.7 Å². The lowest BCUT2D eigenvalue weighted by atomic mass is 10.0. The van der Waals surface area contributed by atoms with Gasteiger partial charge in [-0.15, -0.1) is 0 Å². The predicted molar refractivity (Wildman–Crippen MR) is 131 cm³/mol. The lowest BCUT2D eigenvalue weighted by Crippen LogP contribution is -2.49. The molecule has 176 valence electrons. The number of nitrogens with zero attached hydrogens (tertiary/aromatic N) is 5. The fraction of sp³-hybridized carbons (Fsp3) is 0.346. The highest BCUT2D eigenvalue weighted by atomic mass is 16.6. The van der Waals surface area contributed by atoms with E-state index in [0.29, 0.717) is 38.4 Å². The number of nitro benzene ring substituents is 1. The Balaban J connectivity index is 1.50. The highest BCUT2D eigenvalue weighted by molar-refractivity contribution is 5.94. The first-order chi connectivity index (χ1) is 16.4. The second-order valence-electron chi connectivity index (χ2n) is 8.59. The number of hydrogen-bond acceptors (Lipinski definition) is 6. The molecule has 0 N–H and O–H groups in total. The number of aromatic nitrogens is 2. The molecule has 4 rings (SSSR count). The van der Waals surface area contributed by atoms with Crippen LogP contribution in [0.5, 0.6) is 0 Å². The van der Waals surface area contributed by atoms with E-state index in [-0.39, 0.29) is 11.6 Å². The van der Waals surface area contributed by atoms with Gasteiger partial charge in [-0.3, -0.25) is 14.9 Å². The molecule has 1 fully saturated rings. The molecule has 0 unspecified atom stereocenters. The molecular formula is C26H29N5O3. The second kappa shape index (κ2) is 9.99. The highest BCUT2D eigenvalue weighted by Gasteiger charge is 2.25. The number of carbonyl (C=O) groups is 1. The number of nitro groups is 1. The Hall–Kier alpha value is -3.81. The molecule has 0 saturated carbocycles. The van der Waals surface area contributed by atoms with E-state index >= 15 is 0 Å². The maximum atomic E-state index is 13.0. The normalized spacial score (nSPS) is 13.7. The first-order valence-corrected chi connectivity index (χ1v) is 11.6. The highest BCUT2D eigenvalue weighted by Crippen LogP contribution is 2.26. The summed E-state index contributed by atoms with van der Waals surface area (Å²) < 4.78 is 0. The zero-order chi connectivity index (χ0) is 24.2. The van der Waals surface area contributed by atoms with Gasteiger partial charge in [-0.05, 0) is 43.5 Å². The summed E-state index contributed by atoms with van der Waals surface area (Å²) in [7, 11) is 0. The van der Waals surface area contributed by atoms with E-state index in [1.54, 1.807) is 12.1 Å². The summed E-state index contributed by atoms with van der Waals surface area (Å²) in [5.74, 6) is 1.64. The van der Waals surface area contributed by atoms with Crippen molar-refractivity contribution in [3.63, 3.8) is 0 Å². The topological polar surface area (TPSA) is 92.5 Å². The van der Waals surface area contributed by atoms with Crippen LogP contribution in [0.15, 0.2) is 48.5 Å². The van der Waals surface area contributed by atoms with Crippen molar-refractivity contribution in [1.29, 1.82) is 0 Å². The minimum Gasteiger partial charge on any atom is -0.353 e. The number of non-ortho nitro benzene ring substituents is 1. The molecule has 1 saturated heterocycles. The van der Waals surface area contributed by atoms with Crippen molar-refractivity contribution >= 4 is 17.4 Å². The molecule has 1 aliphatic rings. The van der Waals surface area contributed by atoms with Crippen LogP contribution in [0.1, 0.15) is 45.5 Å². The molecule has 1 aromatic heterocycles. The maximum absolute atomic E-state index is 13.0. The smallest absolute Gasteiger partial charge is 0.269 e. The van der Waals surface area contributed by atoms with E-state index in [1.807, 2.05) is 43.0 Å². The molecule has 8 heteroatoms. The summed E-state index contributed by atoms with van der Waals surface area (Å²) in [4.78, 5) is 37.0. The lowest BCUT2D eigenvalue weighted by Gasteiger charge is -2.36. The predicted octanol–water partition coefficient (Wildman–Crippen LogP) is 4.12. The van der Waals surface area contributed by atoms with Crippen LogP contribution in [0.4, 0.5) is 11.5 Å². The number of anilines is 1. The van der Waals surface area contributed by atoms with Gasteiger partial charge in [0.25, 0.3) is 11.6 Å². The molecular weight excluding hydrogens is 430 g/mol. The summed E-state index contributed by atoms with van der Waals surface area (Å²) >= 11 is 0. The molecule has 2 aromatic carbocycles. The minimum atomic E-state index is -0.394. The van der Waals surface area contributed by atoms with Crippen molar-refractivity contribution in [3.05, 3.63) is 92.4 Å². The van der Waals surface area contributed by atoms with Gasteiger partial charge in [0.05, 0.1) is 4.92 Å². The molecule has 0 bridgehead atoms. The minimum absolute atomic E-state index is 0.0588. The molecule has 1 amide bonds. The Morgan fingerprint density at radius 1 is 0.941 bits per heavy atom. The van der Waals surface area contributed by atoms with E-state index in [4.69, 9.17) is 4.98 Å². The SMILES string of the molecule is CCc1ccc(C(=O)N2CCN(c3nc(C)nc(C)c3Cc3ccc([N+](=O)[O-])cc3)CC2)cc1. The van der Waals surface area contributed by atoms with Crippen LogP contribution in [0.3, 0.4) is 0 Å². The van der Waals surface area contributed by atoms with Gasteiger partial charge in [0.2, 0.25) is 0 Å². The number of piperazine rings is 1. The number of benzene rings is 2. The average molecular weight is 460 g/mol. The number of aryl methyl sites for hydroxylation is 3. The summed E-state index contributed by atoms with van der Waals surface area (Å²) in [5.41, 5.74) is 4.89. The second-order valence-corrected chi connectivity index (χ2v) is 8.59. The van der Waals surface area contributed by atoms with Gasteiger partial charge in [-0.1, -0.05) is 31.2 Å². The Labute approximate surface area is 199 Å². The van der Waals surface area contributed by atoms with Crippen molar-refractivity contribution in [2.24, 2.45) is 0 Å². The van der Waals surface area contributed by atoms with Crippen LogP contribution < -0.4 is 4.90 Å². The Bertz CT molecular complexity index is 1180. The third kappa shape index (κ3) is 5.06.